The van der Waals surface area contributed by atoms with E-state index in [0.29, 0.717) is 6.61 Å². The summed E-state index contributed by atoms with van der Waals surface area (Å²) in [6.07, 6.45) is 4.40. The van der Waals surface area contributed by atoms with E-state index in [2.05, 4.69) is 0 Å². The van der Waals surface area contributed by atoms with Gasteiger partial charge in [-0.2, -0.15) is 0 Å². The first-order valence-corrected chi connectivity index (χ1v) is 5.38. The highest BCUT2D eigenvalue weighted by Gasteiger charge is 2.48. The molecular weight excluding hydrogens is 192 g/mol. The Morgan fingerprint density at radius 1 is 1.53 bits per heavy atom. The van der Waals surface area contributed by atoms with Gasteiger partial charge < -0.3 is 9.84 Å². The lowest BCUT2D eigenvalue weighted by Crippen LogP contribution is -2.49. The molecule has 2 atom stereocenters. The Hall–Kier alpha value is -0.830. The van der Waals surface area contributed by atoms with E-state index in [-0.39, 0.29) is 11.4 Å². The maximum atomic E-state index is 11.8. The summed E-state index contributed by atoms with van der Waals surface area (Å²) in [7, 11) is 0. The number of allylic oxidation sites excluding steroid dienone is 1. The normalized spacial score (nSPS) is 33.8. The van der Waals surface area contributed by atoms with E-state index < -0.39 is 11.5 Å². The van der Waals surface area contributed by atoms with Crippen molar-refractivity contribution in [3.05, 3.63) is 12.2 Å². The molecule has 0 bridgehead atoms. The van der Waals surface area contributed by atoms with Gasteiger partial charge in [0.2, 0.25) is 0 Å². The van der Waals surface area contributed by atoms with Gasteiger partial charge in [-0.3, -0.25) is 4.79 Å². The highest BCUT2D eigenvalue weighted by atomic mass is 16.5. The van der Waals surface area contributed by atoms with E-state index in [4.69, 9.17) is 4.74 Å². The van der Waals surface area contributed by atoms with E-state index in [1.807, 2.05) is 19.9 Å². The van der Waals surface area contributed by atoms with Gasteiger partial charge in [-0.1, -0.05) is 26.0 Å². The van der Waals surface area contributed by atoms with Crippen molar-refractivity contribution in [1.29, 1.82) is 0 Å². The highest BCUT2D eigenvalue weighted by Crippen LogP contribution is 2.43. The van der Waals surface area contributed by atoms with Crippen molar-refractivity contribution in [1.82, 2.24) is 0 Å². The van der Waals surface area contributed by atoms with Crippen molar-refractivity contribution >= 4 is 5.97 Å². The molecule has 1 aliphatic carbocycles. The zero-order valence-corrected chi connectivity index (χ0v) is 9.91. The maximum Gasteiger partial charge on any atom is 0.312 e. The molecule has 1 rings (SSSR count). The van der Waals surface area contributed by atoms with Crippen LogP contribution in [0.4, 0.5) is 0 Å². The largest absolute Gasteiger partial charge is 0.466 e. The third kappa shape index (κ3) is 2.40. The minimum Gasteiger partial charge on any atom is -0.466 e. The summed E-state index contributed by atoms with van der Waals surface area (Å²) >= 11 is 0. The van der Waals surface area contributed by atoms with Crippen molar-refractivity contribution < 1.29 is 14.6 Å². The zero-order chi connectivity index (χ0) is 11.7. The van der Waals surface area contributed by atoms with Crippen LogP contribution in [-0.4, -0.2) is 23.3 Å². The number of rotatable bonds is 2. The van der Waals surface area contributed by atoms with Crippen LogP contribution in [-0.2, 0) is 9.53 Å². The molecule has 3 heteroatoms. The Labute approximate surface area is 91.1 Å². The second kappa shape index (κ2) is 3.97. The number of esters is 1. The standard InChI is InChI=1S/C12H20O3/c1-5-15-10(13)9-11(2,3)7-6-8-12(9,4)14/h6,8-9,14H,5,7H2,1-4H3. The summed E-state index contributed by atoms with van der Waals surface area (Å²) in [5, 5.41) is 10.2. The molecule has 0 aromatic rings. The summed E-state index contributed by atoms with van der Waals surface area (Å²) in [4.78, 5) is 11.8. The van der Waals surface area contributed by atoms with Crippen molar-refractivity contribution in [2.24, 2.45) is 11.3 Å². The van der Waals surface area contributed by atoms with Crippen LogP contribution in [0.25, 0.3) is 0 Å². The Kier molecular flexibility index (Phi) is 3.24. The number of carbonyl (C=O) groups excluding carboxylic acids is 1. The van der Waals surface area contributed by atoms with E-state index in [9.17, 15) is 9.90 Å². The van der Waals surface area contributed by atoms with Crippen LogP contribution in [0.3, 0.4) is 0 Å². The molecule has 0 saturated heterocycles. The Balaban J connectivity index is 2.99. The summed E-state index contributed by atoms with van der Waals surface area (Å²) in [6.45, 7) is 7.74. The molecule has 0 fully saturated rings. The summed E-state index contributed by atoms with van der Waals surface area (Å²) in [6, 6.07) is 0. The van der Waals surface area contributed by atoms with Crippen LogP contribution < -0.4 is 0 Å². The highest BCUT2D eigenvalue weighted by molar-refractivity contribution is 5.75. The number of hydrogen-bond acceptors (Lipinski definition) is 3. The van der Waals surface area contributed by atoms with E-state index >= 15 is 0 Å². The predicted octanol–water partition coefficient (Wildman–Crippen LogP) is 1.90. The molecule has 1 aliphatic rings. The van der Waals surface area contributed by atoms with Crippen LogP contribution in [0, 0.1) is 11.3 Å². The number of carbonyl (C=O) groups is 1. The molecule has 0 aliphatic heterocycles. The first-order valence-electron chi connectivity index (χ1n) is 5.38. The lowest BCUT2D eigenvalue weighted by atomic mass is 9.65. The van der Waals surface area contributed by atoms with Gasteiger partial charge in [-0.15, -0.1) is 0 Å². The monoisotopic (exact) mass is 212 g/mol. The molecule has 0 spiro atoms. The molecule has 0 aromatic heterocycles. The third-order valence-electron chi connectivity index (χ3n) is 2.99. The van der Waals surface area contributed by atoms with Crippen LogP contribution in [0.15, 0.2) is 12.2 Å². The van der Waals surface area contributed by atoms with Crippen molar-refractivity contribution in [2.75, 3.05) is 6.61 Å². The fourth-order valence-corrected chi connectivity index (χ4v) is 2.39. The van der Waals surface area contributed by atoms with Gasteiger partial charge in [0.15, 0.2) is 0 Å². The third-order valence-corrected chi connectivity index (χ3v) is 2.99. The first-order chi connectivity index (χ1) is 6.81. The molecule has 86 valence electrons. The second-order valence-corrected chi connectivity index (χ2v) is 5.01. The van der Waals surface area contributed by atoms with Gasteiger partial charge in [-0.25, -0.2) is 0 Å². The Morgan fingerprint density at radius 3 is 2.60 bits per heavy atom. The molecule has 0 aromatic carbocycles. The average molecular weight is 212 g/mol. The second-order valence-electron chi connectivity index (χ2n) is 5.01. The van der Waals surface area contributed by atoms with Crippen LogP contribution in [0.5, 0.6) is 0 Å². The predicted molar refractivity (Wildman–Crippen MR) is 58.3 cm³/mol. The fraction of sp³-hybridized carbons (Fsp3) is 0.750. The summed E-state index contributed by atoms with van der Waals surface area (Å²) in [5.41, 5.74) is -1.36. The van der Waals surface area contributed by atoms with Gasteiger partial charge in [0.05, 0.1) is 18.1 Å². The van der Waals surface area contributed by atoms with Crippen molar-refractivity contribution in [3.8, 4) is 0 Å². The number of aliphatic hydroxyl groups is 1. The van der Waals surface area contributed by atoms with Gasteiger partial charge in [-0.05, 0) is 25.7 Å². The fourth-order valence-electron chi connectivity index (χ4n) is 2.39. The minimum atomic E-state index is -1.10. The smallest absolute Gasteiger partial charge is 0.312 e. The maximum absolute atomic E-state index is 11.8. The molecule has 2 unspecified atom stereocenters. The quantitative estimate of drug-likeness (QED) is 0.561. The first kappa shape index (κ1) is 12.2. The van der Waals surface area contributed by atoms with Crippen LogP contribution in [0.2, 0.25) is 0 Å². The lowest BCUT2D eigenvalue weighted by Gasteiger charge is -2.42. The van der Waals surface area contributed by atoms with Crippen LogP contribution >= 0.6 is 0 Å². The SMILES string of the molecule is CCOC(=O)C1C(C)(O)C=CCC1(C)C. The molecule has 3 nitrogen and oxygen atoms in total. The zero-order valence-electron chi connectivity index (χ0n) is 9.91. The van der Waals surface area contributed by atoms with E-state index in [0.717, 1.165) is 6.42 Å². The minimum absolute atomic E-state index is 0.259. The van der Waals surface area contributed by atoms with Gasteiger partial charge >= 0.3 is 5.97 Å². The van der Waals surface area contributed by atoms with E-state index in [1.54, 1.807) is 19.9 Å². The van der Waals surface area contributed by atoms with Crippen molar-refractivity contribution in [2.45, 2.75) is 39.7 Å². The summed E-state index contributed by atoms with van der Waals surface area (Å²) < 4.78 is 5.02. The lowest BCUT2D eigenvalue weighted by molar-refractivity contribution is -0.163. The van der Waals surface area contributed by atoms with Crippen molar-refractivity contribution in [3.63, 3.8) is 0 Å². The van der Waals surface area contributed by atoms with E-state index in [1.165, 1.54) is 0 Å². The van der Waals surface area contributed by atoms with Gasteiger partial charge in [0.1, 0.15) is 0 Å². The number of hydrogen-bond donors (Lipinski definition) is 1. The van der Waals surface area contributed by atoms with Gasteiger partial charge in [0.25, 0.3) is 0 Å². The summed E-state index contributed by atoms with van der Waals surface area (Å²) in [5.74, 6) is -0.799. The molecule has 0 saturated carbocycles. The molecule has 0 amide bonds. The molecule has 0 heterocycles. The topological polar surface area (TPSA) is 46.5 Å². The van der Waals surface area contributed by atoms with Gasteiger partial charge in [0, 0.05) is 0 Å². The molecule has 1 N–H and O–H groups in total. The van der Waals surface area contributed by atoms with Crippen LogP contribution in [0.1, 0.15) is 34.1 Å². The molecule has 0 radical (unpaired) electrons. The number of ether oxygens (including phenoxy) is 1. The molecular formula is C12H20O3. The molecule has 15 heavy (non-hydrogen) atoms. The average Bonchev–Trinajstić information content (AvgIpc) is 2.00. The Bertz CT molecular complexity index is 277. The Morgan fingerprint density at radius 2 is 2.13 bits per heavy atom.